The van der Waals surface area contributed by atoms with Gasteiger partial charge in [-0.05, 0) is 22.8 Å². The lowest BCUT2D eigenvalue weighted by Gasteiger charge is -2.40. The molecule has 0 unspecified atom stereocenters. The summed E-state index contributed by atoms with van der Waals surface area (Å²) in [5.41, 5.74) is -0.477. The number of carbonyl (C=O) groups excluding carboxylic acids is 1. The summed E-state index contributed by atoms with van der Waals surface area (Å²) in [5.74, 6) is -0.395. The number of rotatable bonds is 5. The molecule has 162 valence electrons. The fourth-order valence-corrected chi connectivity index (χ4v) is 3.81. The highest BCUT2D eigenvalue weighted by atomic mass is 32.1. The Kier molecular flexibility index (Phi) is 5.50. The van der Waals surface area contributed by atoms with Crippen molar-refractivity contribution in [1.29, 1.82) is 0 Å². The molecule has 0 bridgehead atoms. The maximum absolute atomic E-state index is 13.1. The van der Waals surface area contributed by atoms with Crippen LogP contribution in [-0.4, -0.2) is 34.2 Å². The van der Waals surface area contributed by atoms with Gasteiger partial charge < -0.3 is 15.2 Å². The average Bonchev–Trinajstić information content (AvgIpc) is 3.11. The first kappa shape index (κ1) is 21.3. The topological polar surface area (TPSA) is 84.3 Å². The van der Waals surface area contributed by atoms with Gasteiger partial charge in [0.2, 0.25) is 5.91 Å². The van der Waals surface area contributed by atoms with Crippen molar-refractivity contribution in [3.05, 3.63) is 64.7 Å². The van der Waals surface area contributed by atoms with E-state index in [9.17, 15) is 27.5 Å². The number of amides is 1. The van der Waals surface area contributed by atoms with Crippen LogP contribution in [-0.2, 0) is 27.7 Å². The molecule has 1 aliphatic rings. The van der Waals surface area contributed by atoms with E-state index in [4.69, 9.17) is 4.74 Å². The maximum Gasteiger partial charge on any atom is 0.433 e. The number of ether oxygens (including phenoxy) is 1. The minimum atomic E-state index is -4.61. The maximum atomic E-state index is 13.1. The summed E-state index contributed by atoms with van der Waals surface area (Å²) in [4.78, 5) is 20.0. The predicted octanol–water partition coefficient (Wildman–Crippen LogP) is 3.76. The Morgan fingerprint density at radius 1 is 1.19 bits per heavy atom. The van der Waals surface area contributed by atoms with E-state index in [1.165, 1.54) is 0 Å². The van der Waals surface area contributed by atoms with Gasteiger partial charge in [0.05, 0.1) is 26.0 Å². The first-order valence-corrected chi connectivity index (χ1v) is 9.83. The van der Waals surface area contributed by atoms with Crippen LogP contribution in [0, 0.1) is 5.13 Å². The van der Waals surface area contributed by atoms with Gasteiger partial charge in [0, 0.05) is 11.8 Å². The lowest BCUT2D eigenvalue weighted by atomic mass is 9.77. The second-order valence-corrected chi connectivity index (χ2v) is 7.94. The number of thiazole rings is 1. The number of aliphatic hydroxyl groups is 1. The van der Waals surface area contributed by atoms with Gasteiger partial charge >= 0.3 is 6.18 Å². The molecule has 31 heavy (non-hydrogen) atoms. The molecule has 2 aromatic heterocycles. The fraction of sp³-hybridized carbons (Fsp3) is 0.250. The Morgan fingerprint density at radius 2 is 1.90 bits per heavy atom. The molecule has 0 atom stereocenters. The van der Waals surface area contributed by atoms with Crippen molar-refractivity contribution < 1.29 is 32.2 Å². The van der Waals surface area contributed by atoms with Gasteiger partial charge in [0.1, 0.15) is 11.1 Å². The number of nitrogens with one attached hydrogen (secondary N) is 1. The third-order valence-electron chi connectivity index (χ3n) is 5.03. The van der Waals surface area contributed by atoms with E-state index in [1.807, 2.05) is 0 Å². The number of alkyl halides is 3. The van der Waals surface area contributed by atoms with Gasteiger partial charge in [-0.1, -0.05) is 35.6 Å². The van der Waals surface area contributed by atoms with Gasteiger partial charge in [0.15, 0.2) is 10.3 Å². The van der Waals surface area contributed by atoms with Crippen LogP contribution in [0.15, 0.2) is 42.7 Å². The molecule has 0 saturated carbocycles. The molecule has 1 saturated heterocycles. The number of anilines is 1. The molecule has 4 rings (SSSR count). The zero-order valence-corrected chi connectivity index (χ0v) is 16.6. The van der Waals surface area contributed by atoms with E-state index in [1.54, 1.807) is 24.3 Å². The Labute approximate surface area is 177 Å². The van der Waals surface area contributed by atoms with Crippen LogP contribution in [0.1, 0.15) is 16.8 Å². The Balaban J connectivity index is 1.61. The van der Waals surface area contributed by atoms with Gasteiger partial charge in [0.25, 0.3) is 0 Å². The molecule has 11 heteroatoms. The molecule has 1 fully saturated rings. The van der Waals surface area contributed by atoms with Crippen LogP contribution in [0.3, 0.4) is 0 Å². The highest BCUT2D eigenvalue weighted by molar-refractivity contribution is 7.14. The van der Waals surface area contributed by atoms with Gasteiger partial charge in [-0.2, -0.15) is 17.6 Å². The summed E-state index contributed by atoms with van der Waals surface area (Å²) in [5, 5.41) is 11.7. The number of nitrogens with zero attached hydrogens (tertiary/aromatic N) is 2. The standard InChI is InChI=1S/C20H15F4N3O3S/c21-16-7-26-18(31-16)27-17(29)19(9-30-10-19)13-3-1-11(2-4-13)14-6-25-15(20(22,23)24)5-12(14)8-28/h1-7,28H,8-10H2,(H,26,27,29). The summed E-state index contributed by atoms with van der Waals surface area (Å²) in [6.45, 7) is -0.348. The number of aromatic nitrogens is 2. The summed E-state index contributed by atoms with van der Waals surface area (Å²) >= 11 is 0.707. The molecule has 0 spiro atoms. The van der Waals surface area contributed by atoms with Crippen molar-refractivity contribution in [2.24, 2.45) is 0 Å². The normalized spacial score (nSPS) is 15.4. The summed E-state index contributed by atoms with van der Waals surface area (Å²) in [7, 11) is 0. The molecular weight excluding hydrogens is 438 g/mol. The zero-order valence-electron chi connectivity index (χ0n) is 15.7. The highest BCUT2D eigenvalue weighted by Gasteiger charge is 2.47. The first-order valence-electron chi connectivity index (χ1n) is 9.01. The lowest BCUT2D eigenvalue weighted by Crippen LogP contribution is -2.55. The Hall–Kier alpha value is -2.89. The second-order valence-electron chi connectivity index (χ2n) is 6.96. The summed E-state index contributed by atoms with van der Waals surface area (Å²) in [6.07, 6.45) is -2.54. The Morgan fingerprint density at radius 3 is 2.42 bits per heavy atom. The van der Waals surface area contributed by atoms with Crippen LogP contribution >= 0.6 is 11.3 Å². The van der Waals surface area contributed by atoms with Crippen molar-refractivity contribution in [3.63, 3.8) is 0 Å². The largest absolute Gasteiger partial charge is 0.433 e. The smallest absolute Gasteiger partial charge is 0.392 e. The van der Waals surface area contributed by atoms with Crippen molar-refractivity contribution in [3.8, 4) is 11.1 Å². The number of aliphatic hydroxyl groups excluding tert-OH is 1. The molecule has 0 radical (unpaired) electrons. The quantitative estimate of drug-likeness (QED) is 0.575. The average molecular weight is 453 g/mol. The van der Waals surface area contributed by atoms with E-state index in [0.717, 1.165) is 18.5 Å². The van der Waals surface area contributed by atoms with Crippen molar-refractivity contribution in [2.45, 2.75) is 18.2 Å². The molecule has 1 aromatic carbocycles. The summed E-state index contributed by atoms with van der Waals surface area (Å²) < 4.78 is 57.0. The van der Waals surface area contributed by atoms with E-state index >= 15 is 0 Å². The minimum Gasteiger partial charge on any atom is -0.392 e. The van der Waals surface area contributed by atoms with E-state index in [0.29, 0.717) is 28.0 Å². The van der Waals surface area contributed by atoms with Gasteiger partial charge in [-0.15, -0.1) is 0 Å². The summed E-state index contributed by atoms with van der Waals surface area (Å²) in [6, 6.07) is 7.41. The molecule has 1 amide bonds. The number of benzene rings is 1. The van der Waals surface area contributed by atoms with E-state index < -0.39 is 34.9 Å². The molecule has 2 N–H and O–H groups in total. The third kappa shape index (κ3) is 4.03. The Bertz CT molecular complexity index is 1110. The van der Waals surface area contributed by atoms with Crippen LogP contribution in [0.25, 0.3) is 11.1 Å². The first-order chi connectivity index (χ1) is 14.7. The van der Waals surface area contributed by atoms with E-state index in [-0.39, 0.29) is 23.9 Å². The number of hydrogen-bond acceptors (Lipinski definition) is 6. The monoisotopic (exact) mass is 453 g/mol. The molecule has 3 aromatic rings. The number of hydrogen-bond donors (Lipinski definition) is 2. The number of carbonyl (C=O) groups is 1. The molecule has 6 nitrogen and oxygen atoms in total. The van der Waals surface area contributed by atoms with Crippen molar-refractivity contribution in [1.82, 2.24) is 9.97 Å². The van der Waals surface area contributed by atoms with Crippen LogP contribution in [0.5, 0.6) is 0 Å². The molecule has 1 aliphatic heterocycles. The highest BCUT2D eigenvalue weighted by Crippen LogP contribution is 2.36. The fourth-order valence-electron chi connectivity index (χ4n) is 3.28. The SMILES string of the molecule is O=C(Nc1ncc(F)s1)C1(c2ccc(-c3cnc(C(F)(F)F)cc3CO)cc2)COC1. The minimum absolute atomic E-state index is 0.0836. The number of halogens is 4. The molecule has 3 heterocycles. The van der Waals surface area contributed by atoms with E-state index in [2.05, 4.69) is 15.3 Å². The predicted molar refractivity (Wildman–Crippen MR) is 104 cm³/mol. The zero-order chi connectivity index (χ0) is 22.2. The van der Waals surface area contributed by atoms with Crippen LogP contribution in [0.4, 0.5) is 22.7 Å². The second kappa shape index (κ2) is 7.98. The van der Waals surface area contributed by atoms with Crippen LogP contribution in [0.2, 0.25) is 0 Å². The molecular formula is C20H15F4N3O3S. The van der Waals surface area contributed by atoms with Crippen molar-refractivity contribution >= 4 is 22.4 Å². The van der Waals surface area contributed by atoms with Crippen LogP contribution < -0.4 is 5.32 Å². The van der Waals surface area contributed by atoms with Gasteiger partial charge in [-0.25, -0.2) is 4.98 Å². The molecule has 0 aliphatic carbocycles. The third-order valence-corrected chi connectivity index (χ3v) is 5.73. The van der Waals surface area contributed by atoms with Crippen molar-refractivity contribution in [2.75, 3.05) is 18.5 Å². The van der Waals surface area contributed by atoms with Gasteiger partial charge in [-0.3, -0.25) is 9.78 Å². The lowest BCUT2D eigenvalue weighted by molar-refractivity contribution is -0.141. The number of pyridine rings is 1.